The van der Waals surface area contributed by atoms with E-state index in [9.17, 15) is 9.59 Å². The number of nitrogens with one attached hydrogen (secondary N) is 1. The van der Waals surface area contributed by atoms with E-state index >= 15 is 0 Å². The van der Waals surface area contributed by atoms with Crippen molar-refractivity contribution in [1.29, 1.82) is 0 Å². The van der Waals surface area contributed by atoms with Crippen molar-refractivity contribution in [2.24, 2.45) is 5.92 Å². The molecule has 7 heteroatoms. The van der Waals surface area contributed by atoms with Crippen LogP contribution in [0.1, 0.15) is 65.7 Å². The molecule has 2 heterocycles. The molecule has 0 bridgehead atoms. The largest absolute Gasteiger partial charge is 0.325 e. The zero-order valence-corrected chi connectivity index (χ0v) is 19.4. The number of ketones is 1. The Morgan fingerprint density at radius 3 is 2.84 bits per heavy atom. The number of thioether (sulfide) groups is 1. The van der Waals surface area contributed by atoms with Crippen LogP contribution in [0.2, 0.25) is 0 Å². The highest BCUT2D eigenvalue weighted by Crippen LogP contribution is 2.44. The molecule has 1 saturated carbocycles. The number of benzene rings is 1. The minimum atomic E-state index is -0.0943. The highest BCUT2D eigenvalue weighted by atomic mass is 32.2. The monoisotopic (exact) mass is 451 g/mol. The number of aryl methyl sites for hydroxylation is 1. The molecular weight excluding hydrogens is 426 g/mol. The quantitative estimate of drug-likeness (QED) is 0.299. The first-order valence-corrected chi connectivity index (χ1v) is 12.6. The van der Waals surface area contributed by atoms with Crippen molar-refractivity contribution in [3.05, 3.63) is 46.1 Å². The summed E-state index contributed by atoms with van der Waals surface area (Å²) in [6.45, 7) is 3.84. The van der Waals surface area contributed by atoms with Crippen LogP contribution < -0.4 is 5.32 Å². The smallest absolute Gasteiger partial charge is 0.234 e. The van der Waals surface area contributed by atoms with Gasteiger partial charge in [0.2, 0.25) is 5.91 Å². The first-order valence-electron chi connectivity index (χ1n) is 10.8. The number of hydrogen-bond acceptors (Lipinski definition) is 6. The van der Waals surface area contributed by atoms with Crippen LogP contribution >= 0.6 is 23.1 Å². The summed E-state index contributed by atoms with van der Waals surface area (Å²) in [6.07, 6.45) is 5.70. The zero-order valence-electron chi connectivity index (χ0n) is 17.7. The maximum Gasteiger partial charge on any atom is 0.234 e. The topological polar surface area (TPSA) is 72.0 Å². The Hall–Kier alpha value is -2.25. The van der Waals surface area contributed by atoms with Crippen molar-refractivity contribution in [3.8, 4) is 0 Å². The van der Waals surface area contributed by atoms with Crippen molar-refractivity contribution >= 4 is 50.7 Å². The van der Waals surface area contributed by atoms with E-state index < -0.39 is 0 Å². The number of carbonyl (C=O) groups is 2. The van der Waals surface area contributed by atoms with Crippen LogP contribution in [0.4, 0.5) is 5.69 Å². The summed E-state index contributed by atoms with van der Waals surface area (Å²) in [5, 5.41) is 5.04. The van der Waals surface area contributed by atoms with Crippen LogP contribution in [0.25, 0.3) is 10.2 Å². The van der Waals surface area contributed by atoms with Gasteiger partial charge in [0.15, 0.2) is 5.78 Å². The van der Waals surface area contributed by atoms with Gasteiger partial charge >= 0.3 is 0 Å². The fourth-order valence-corrected chi connectivity index (χ4v) is 6.42. The Morgan fingerprint density at radius 1 is 1.23 bits per heavy atom. The maximum atomic E-state index is 12.6. The molecule has 1 atom stereocenters. The number of amides is 1. The molecule has 3 aromatic rings. The Morgan fingerprint density at radius 2 is 2.06 bits per heavy atom. The SMILES string of the molecule is CC(=O)c1cccc(NC(=O)CSc2nc(C3CC3)nc3sc4c(c23)CCC(C)C4)c1. The van der Waals surface area contributed by atoms with Gasteiger partial charge < -0.3 is 5.32 Å². The summed E-state index contributed by atoms with van der Waals surface area (Å²) in [7, 11) is 0. The standard InChI is InChI=1S/C24H25N3O2S2/c1-13-6-9-18-19(10-13)31-24-21(18)23(26-22(27-24)15-7-8-15)30-12-20(29)25-17-5-3-4-16(11-17)14(2)28/h3-5,11,13,15H,6-10,12H2,1-2H3,(H,25,29). The Balaban J connectivity index is 1.38. The number of thiophene rings is 1. The molecule has 1 fully saturated rings. The lowest BCUT2D eigenvalue weighted by molar-refractivity contribution is -0.113. The van der Waals surface area contributed by atoms with Crippen LogP contribution in [0.5, 0.6) is 0 Å². The molecule has 2 aliphatic rings. The van der Waals surface area contributed by atoms with Crippen molar-refractivity contribution < 1.29 is 9.59 Å². The second kappa shape index (κ2) is 8.36. The molecule has 1 unspecified atom stereocenters. The zero-order chi connectivity index (χ0) is 21.5. The van der Waals surface area contributed by atoms with Crippen LogP contribution in [0.3, 0.4) is 0 Å². The predicted molar refractivity (Wildman–Crippen MR) is 126 cm³/mol. The average molecular weight is 452 g/mol. The molecule has 160 valence electrons. The van der Waals surface area contributed by atoms with E-state index in [1.807, 2.05) is 11.3 Å². The van der Waals surface area contributed by atoms with E-state index in [0.29, 0.717) is 23.1 Å². The van der Waals surface area contributed by atoms with E-state index in [2.05, 4.69) is 12.2 Å². The maximum absolute atomic E-state index is 12.6. The summed E-state index contributed by atoms with van der Waals surface area (Å²) in [4.78, 5) is 36.6. The summed E-state index contributed by atoms with van der Waals surface area (Å²) in [5.41, 5.74) is 2.64. The molecule has 0 spiro atoms. The molecule has 0 aliphatic heterocycles. The van der Waals surface area contributed by atoms with Gasteiger partial charge in [0.25, 0.3) is 0 Å². The number of Topliss-reactive ketones (excluding diaryl/α,β-unsaturated/α-hetero) is 1. The lowest BCUT2D eigenvalue weighted by Gasteiger charge is -2.18. The van der Waals surface area contributed by atoms with E-state index in [1.54, 1.807) is 24.3 Å². The number of hydrogen-bond donors (Lipinski definition) is 1. The summed E-state index contributed by atoms with van der Waals surface area (Å²) < 4.78 is 0. The predicted octanol–water partition coefficient (Wildman–Crippen LogP) is 5.63. The van der Waals surface area contributed by atoms with E-state index in [1.165, 1.54) is 40.9 Å². The second-order valence-electron chi connectivity index (χ2n) is 8.67. The number of carbonyl (C=O) groups excluding carboxylic acids is 2. The number of fused-ring (bicyclic) bond motifs is 3. The van der Waals surface area contributed by atoms with Crippen molar-refractivity contribution in [1.82, 2.24) is 9.97 Å². The van der Waals surface area contributed by atoms with Crippen molar-refractivity contribution in [3.63, 3.8) is 0 Å². The Bertz CT molecular complexity index is 1180. The first-order chi connectivity index (χ1) is 15.0. The third-order valence-electron chi connectivity index (χ3n) is 5.97. The van der Waals surface area contributed by atoms with Crippen LogP contribution in [-0.2, 0) is 17.6 Å². The van der Waals surface area contributed by atoms with Crippen LogP contribution in [0.15, 0.2) is 29.3 Å². The van der Waals surface area contributed by atoms with E-state index in [-0.39, 0.29) is 17.4 Å². The highest BCUT2D eigenvalue weighted by Gasteiger charge is 2.30. The third kappa shape index (κ3) is 4.39. The van der Waals surface area contributed by atoms with E-state index in [4.69, 9.17) is 9.97 Å². The van der Waals surface area contributed by atoms with Gasteiger partial charge in [0, 0.05) is 27.4 Å². The van der Waals surface area contributed by atoms with Gasteiger partial charge in [-0.1, -0.05) is 30.8 Å². The second-order valence-corrected chi connectivity index (χ2v) is 10.7. The number of nitrogens with zero attached hydrogens (tertiary/aromatic N) is 2. The Labute approximate surface area is 190 Å². The van der Waals surface area contributed by atoms with Crippen LogP contribution in [0, 0.1) is 5.92 Å². The molecule has 5 nitrogen and oxygen atoms in total. The molecule has 0 radical (unpaired) electrons. The van der Waals surface area contributed by atoms with Gasteiger partial charge in [0.1, 0.15) is 15.7 Å². The number of rotatable bonds is 6. The van der Waals surface area contributed by atoms with E-state index in [0.717, 1.165) is 41.4 Å². The van der Waals surface area contributed by atoms with Gasteiger partial charge in [0.05, 0.1) is 5.75 Å². The molecule has 1 amide bonds. The van der Waals surface area contributed by atoms with Crippen LogP contribution in [-0.4, -0.2) is 27.4 Å². The fourth-order valence-electron chi connectivity index (χ4n) is 4.10. The summed E-state index contributed by atoms with van der Waals surface area (Å²) in [5.74, 6) is 2.30. The fraction of sp³-hybridized carbons (Fsp3) is 0.417. The lowest BCUT2D eigenvalue weighted by Crippen LogP contribution is -2.14. The molecular formula is C24H25N3O2S2. The normalized spacial score (nSPS) is 18.1. The van der Waals surface area contributed by atoms with Gasteiger partial charge in [-0.2, -0.15) is 0 Å². The highest BCUT2D eigenvalue weighted by molar-refractivity contribution is 8.00. The third-order valence-corrected chi connectivity index (χ3v) is 8.10. The molecule has 2 aliphatic carbocycles. The molecule has 1 aromatic carbocycles. The van der Waals surface area contributed by atoms with Gasteiger partial charge in [-0.25, -0.2) is 9.97 Å². The first kappa shape index (κ1) is 20.6. The molecule has 31 heavy (non-hydrogen) atoms. The molecule has 5 rings (SSSR count). The lowest BCUT2D eigenvalue weighted by atomic mass is 9.89. The van der Waals surface area contributed by atoms with Gasteiger partial charge in [-0.3, -0.25) is 9.59 Å². The minimum Gasteiger partial charge on any atom is -0.325 e. The van der Waals surface area contributed by atoms with Crippen molar-refractivity contribution in [2.45, 2.75) is 56.9 Å². The van der Waals surface area contributed by atoms with Crippen molar-refractivity contribution in [2.75, 3.05) is 11.1 Å². The molecule has 2 aromatic heterocycles. The average Bonchev–Trinajstić information content (AvgIpc) is 3.53. The summed E-state index contributed by atoms with van der Waals surface area (Å²) in [6, 6.07) is 7.06. The number of anilines is 1. The summed E-state index contributed by atoms with van der Waals surface area (Å²) >= 11 is 3.32. The Kier molecular flexibility index (Phi) is 5.56. The number of aromatic nitrogens is 2. The van der Waals surface area contributed by atoms with Gasteiger partial charge in [-0.15, -0.1) is 11.3 Å². The molecule has 1 N–H and O–H groups in total. The molecule has 0 saturated heterocycles. The van der Waals surface area contributed by atoms with Gasteiger partial charge in [-0.05, 0) is 62.6 Å². The minimum absolute atomic E-state index is 0.0157.